The molecule has 112 valence electrons. The van der Waals surface area contributed by atoms with E-state index < -0.39 is 0 Å². The van der Waals surface area contributed by atoms with Gasteiger partial charge in [0.1, 0.15) is 0 Å². The van der Waals surface area contributed by atoms with Gasteiger partial charge in [-0.2, -0.15) is 0 Å². The average Bonchev–Trinajstić information content (AvgIpc) is 2.99. The third-order valence-electron chi connectivity index (χ3n) is 3.87. The lowest BCUT2D eigenvalue weighted by atomic mass is 10.2. The Morgan fingerprint density at radius 1 is 1.19 bits per heavy atom. The zero-order valence-electron chi connectivity index (χ0n) is 12.4. The first-order valence-electron chi connectivity index (χ1n) is 7.44. The van der Waals surface area contributed by atoms with Crippen LogP contribution in [0.1, 0.15) is 24.2 Å². The molecule has 4 nitrogen and oxygen atoms in total. The van der Waals surface area contributed by atoms with E-state index in [1.54, 1.807) is 11.3 Å². The highest BCUT2D eigenvalue weighted by Crippen LogP contribution is 2.24. The number of nitrogens with two attached hydrogens (primary N) is 1. The van der Waals surface area contributed by atoms with Crippen molar-refractivity contribution < 1.29 is 0 Å². The zero-order valence-corrected chi connectivity index (χ0v) is 13.2. The Kier molecular flexibility index (Phi) is 4.53. The molecule has 0 aliphatic carbocycles. The van der Waals surface area contributed by atoms with Gasteiger partial charge in [-0.3, -0.25) is 4.90 Å². The highest BCUT2D eigenvalue weighted by molar-refractivity contribution is 7.13. The summed E-state index contributed by atoms with van der Waals surface area (Å²) in [6.07, 6.45) is 0. The second-order valence-electron chi connectivity index (χ2n) is 5.59. The molecule has 0 bridgehead atoms. The van der Waals surface area contributed by atoms with Crippen LogP contribution in [0.4, 0.5) is 5.13 Å². The van der Waals surface area contributed by atoms with Crippen LogP contribution in [-0.2, 0) is 6.54 Å². The molecular formula is C16H22N4S. The van der Waals surface area contributed by atoms with Gasteiger partial charge in [-0.25, -0.2) is 4.98 Å². The van der Waals surface area contributed by atoms with E-state index >= 15 is 0 Å². The van der Waals surface area contributed by atoms with E-state index in [1.807, 2.05) is 6.92 Å². The molecule has 1 unspecified atom stereocenters. The topological polar surface area (TPSA) is 45.4 Å². The highest BCUT2D eigenvalue weighted by atomic mass is 32.1. The number of thiazole rings is 1. The minimum atomic E-state index is 0.0226. The van der Waals surface area contributed by atoms with Crippen molar-refractivity contribution in [2.75, 3.05) is 31.1 Å². The van der Waals surface area contributed by atoms with E-state index in [0.717, 1.165) is 43.5 Å². The summed E-state index contributed by atoms with van der Waals surface area (Å²) in [5.41, 5.74) is 8.27. The van der Waals surface area contributed by atoms with Gasteiger partial charge in [-0.1, -0.05) is 30.3 Å². The van der Waals surface area contributed by atoms with Gasteiger partial charge < -0.3 is 10.6 Å². The summed E-state index contributed by atoms with van der Waals surface area (Å²) in [4.78, 5) is 9.52. The van der Waals surface area contributed by atoms with Crippen LogP contribution in [0, 0.1) is 0 Å². The van der Waals surface area contributed by atoms with Gasteiger partial charge in [0.15, 0.2) is 5.13 Å². The minimum Gasteiger partial charge on any atom is -0.346 e. The first kappa shape index (κ1) is 14.5. The van der Waals surface area contributed by atoms with Gasteiger partial charge in [0.05, 0.1) is 5.69 Å². The molecule has 0 radical (unpaired) electrons. The first-order valence-corrected chi connectivity index (χ1v) is 8.32. The van der Waals surface area contributed by atoms with Crippen molar-refractivity contribution in [1.82, 2.24) is 9.88 Å². The predicted octanol–water partition coefficient (Wildman–Crippen LogP) is 2.49. The molecule has 1 aliphatic heterocycles. The summed E-state index contributed by atoms with van der Waals surface area (Å²) in [7, 11) is 0. The summed E-state index contributed by atoms with van der Waals surface area (Å²) in [6, 6.07) is 10.7. The second-order valence-corrected chi connectivity index (χ2v) is 6.43. The van der Waals surface area contributed by atoms with Gasteiger partial charge >= 0.3 is 0 Å². The second kappa shape index (κ2) is 6.56. The van der Waals surface area contributed by atoms with E-state index in [9.17, 15) is 0 Å². The molecule has 0 spiro atoms. The highest BCUT2D eigenvalue weighted by Gasteiger charge is 2.19. The maximum Gasteiger partial charge on any atom is 0.185 e. The fraction of sp³-hybridized carbons (Fsp3) is 0.438. The average molecular weight is 302 g/mol. The van der Waals surface area contributed by atoms with E-state index in [-0.39, 0.29) is 6.04 Å². The minimum absolute atomic E-state index is 0.0226. The molecule has 1 fully saturated rings. The van der Waals surface area contributed by atoms with E-state index in [4.69, 9.17) is 5.73 Å². The Morgan fingerprint density at radius 2 is 1.90 bits per heavy atom. The molecule has 3 rings (SSSR count). The molecule has 2 N–H and O–H groups in total. The third kappa shape index (κ3) is 3.61. The fourth-order valence-corrected chi connectivity index (χ4v) is 3.55. The standard InChI is InChI=1S/C16H22N4S/c1-13(17)15-12-21-16(18-15)20-9-7-19(8-10-20)11-14-5-3-2-4-6-14/h2-6,12-13H,7-11,17H2,1H3. The lowest BCUT2D eigenvalue weighted by Crippen LogP contribution is -2.45. The molecule has 1 atom stereocenters. The smallest absolute Gasteiger partial charge is 0.185 e. The predicted molar refractivity (Wildman–Crippen MR) is 88.6 cm³/mol. The first-order chi connectivity index (χ1) is 10.2. The van der Waals surface area contributed by atoms with Gasteiger partial charge in [-0.15, -0.1) is 11.3 Å². The number of anilines is 1. The molecule has 2 heterocycles. The SMILES string of the molecule is CC(N)c1csc(N2CCN(Cc3ccccc3)CC2)n1. The lowest BCUT2D eigenvalue weighted by Gasteiger charge is -2.34. The number of aromatic nitrogens is 1. The molecule has 1 aliphatic rings. The van der Waals surface area contributed by atoms with Crippen LogP contribution in [0.3, 0.4) is 0 Å². The van der Waals surface area contributed by atoms with Crippen LogP contribution in [0.5, 0.6) is 0 Å². The van der Waals surface area contributed by atoms with Crippen LogP contribution in [0.15, 0.2) is 35.7 Å². The van der Waals surface area contributed by atoms with Crippen molar-refractivity contribution in [2.24, 2.45) is 5.73 Å². The van der Waals surface area contributed by atoms with E-state index in [1.165, 1.54) is 5.56 Å². The van der Waals surface area contributed by atoms with E-state index in [0.29, 0.717) is 0 Å². The number of benzene rings is 1. The molecule has 1 saturated heterocycles. The van der Waals surface area contributed by atoms with Crippen molar-refractivity contribution in [3.8, 4) is 0 Å². The molecule has 0 saturated carbocycles. The number of piperazine rings is 1. The number of nitrogens with zero attached hydrogens (tertiary/aromatic N) is 3. The van der Waals surface area contributed by atoms with Crippen molar-refractivity contribution in [3.05, 3.63) is 47.0 Å². The van der Waals surface area contributed by atoms with Crippen molar-refractivity contribution in [3.63, 3.8) is 0 Å². The number of rotatable bonds is 4. The van der Waals surface area contributed by atoms with Crippen LogP contribution >= 0.6 is 11.3 Å². The van der Waals surface area contributed by atoms with Crippen molar-refractivity contribution in [1.29, 1.82) is 0 Å². The van der Waals surface area contributed by atoms with Crippen LogP contribution in [0.25, 0.3) is 0 Å². The normalized spacial score (nSPS) is 17.9. The Hall–Kier alpha value is -1.43. The van der Waals surface area contributed by atoms with Gasteiger partial charge in [0.25, 0.3) is 0 Å². The summed E-state index contributed by atoms with van der Waals surface area (Å²) in [5.74, 6) is 0. The molecule has 21 heavy (non-hydrogen) atoms. The maximum atomic E-state index is 5.88. The summed E-state index contributed by atoms with van der Waals surface area (Å²) >= 11 is 1.71. The maximum absolute atomic E-state index is 5.88. The lowest BCUT2D eigenvalue weighted by molar-refractivity contribution is 0.250. The molecule has 5 heteroatoms. The van der Waals surface area contributed by atoms with Gasteiger partial charge in [-0.05, 0) is 12.5 Å². The Labute approximate surface area is 130 Å². The molecule has 2 aromatic rings. The quantitative estimate of drug-likeness (QED) is 0.942. The fourth-order valence-electron chi connectivity index (χ4n) is 2.57. The summed E-state index contributed by atoms with van der Waals surface area (Å²) in [5, 5.41) is 3.19. The monoisotopic (exact) mass is 302 g/mol. The summed E-state index contributed by atoms with van der Waals surface area (Å²) in [6.45, 7) is 7.27. The summed E-state index contributed by atoms with van der Waals surface area (Å²) < 4.78 is 0. The molecule has 0 amide bonds. The van der Waals surface area contributed by atoms with Gasteiger partial charge in [0, 0.05) is 44.1 Å². The Balaban J connectivity index is 1.55. The van der Waals surface area contributed by atoms with Gasteiger partial charge in [0.2, 0.25) is 0 Å². The Morgan fingerprint density at radius 3 is 2.52 bits per heavy atom. The van der Waals surface area contributed by atoms with Crippen molar-refractivity contribution in [2.45, 2.75) is 19.5 Å². The van der Waals surface area contributed by atoms with E-state index in [2.05, 4.69) is 50.5 Å². The molecule has 1 aromatic heterocycles. The van der Waals surface area contributed by atoms with Crippen LogP contribution < -0.4 is 10.6 Å². The molecule has 1 aromatic carbocycles. The van der Waals surface area contributed by atoms with Crippen LogP contribution in [-0.4, -0.2) is 36.1 Å². The number of hydrogen-bond donors (Lipinski definition) is 1. The Bertz CT molecular complexity index is 559. The largest absolute Gasteiger partial charge is 0.346 e. The number of hydrogen-bond acceptors (Lipinski definition) is 5. The van der Waals surface area contributed by atoms with Crippen LogP contribution in [0.2, 0.25) is 0 Å². The third-order valence-corrected chi connectivity index (χ3v) is 4.79. The zero-order chi connectivity index (χ0) is 14.7. The van der Waals surface area contributed by atoms with Crippen molar-refractivity contribution >= 4 is 16.5 Å². The molecular weight excluding hydrogens is 280 g/mol.